The lowest BCUT2D eigenvalue weighted by atomic mass is 9.44. The Morgan fingerprint density at radius 1 is 1.08 bits per heavy atom. The first-order valence-electron chi connectivity index (χ1n) is 9.37. The summed E-state index contributed by atoms with van der Waals surface area (Å²) in [5.41, 5.74) is 1.56. The van der Waals surface area contributed by atoms with Crippen LogP contribution in [-0.2, 0) is 6.42 Å². The fraction of sp³-hybridized carbons (Fsp3) is 0.714. The number of hydrogen-bond acceptors (Lipinski definition) is 2. The lowest BCUT2D eigenvalue weighted by molar-refractivity contribution is -0.162. The number of phenolic OH excluding ortho intramolecular Hbond substituents is 1. The van der Waals surface area contributed by atoms with Crippen molar-refractivity contribution in [2.24, 2.45) is 22.7 Å². The number of aromatic hydroxyl groups is 1. The second kappa shape index (κ2) is 5.06. The normalized spacial score (nSPS) is 40.0. The third-order valence-electron chi connectivity index (χ3n) is 7.67. The summed E-state index contributed by atoms with van der Waals surface area (Å²) >= 11 is 6.43. The molecule has 0 saturated heterocycles. The fourth-order valence-electron chi connectivity index (χ4n) is 6.51. The van der Waals surface area contributed by atoms with Gasteiger partial charge in [0, 0.05) is 11.5 Å². The first-order chi connectivity index (χ1) is 11.2. The molecule has 132 valence electrons. The molecule has 1 N–H and O–H groups in total. The van der Waals surface area contributed by atoms with Gasteiger partial charge in [0.2, 0.25) is 0 Å². The Morgan fingerprint density at radius 2 is 1.83 bits per heavy atom. The Balaban J connectivity index is 1.80. The number of phenols is 1. The van der Waals surface area contributed by atoms with Crippen molar-refractivity contribution >= 4 is 11.6 Å². The topological polar surface area (TPSA) is 29.5 Å². The molecule has 2 nitrogen and oxygen atoms in total. The molecule has 24 heavy (non-hydrogen) atoms. The Labute approximate surface area is 150 Å². The van der Waals surface area contributed by atoms with Crippen molar-refractivity contribution in [1.29, 1.82) is 0 Å². The second-order valence-corrected chi connectivity index (χ2v) is 9.86. The molecule has 2 saturated carbocycles. The van der Waals surface area contributed by atoms with E-state index in [1.807, 2.05) is 6.07 Å². The van der Waals surface area contributed by atoms with Crippen molar-refractivity contribution in [3.05, 3.63) is 22.7 Å². The summed E-state index contributed by atoms with van der Waals surface area (Å²) in [4.78, 5) is 0. The highest BCUT2D eigenvalue weighted by Crippen LogP contribution is 2.64. The molecular weight excluding hydrogens is 320 g/mol. The lowest BCUT2D eigenvalue weighted by Crippen LogP contribution is -2.61. The minimum absolute atomic E-state index is 0.119. The highest BCUT2D eigenvalue weighted by Gasteiger charge is 2.60. The molecule has 3 aliphatic rings. The van der Waals surface area contributed by atoms with Crippen LogP contribution in [0.4, 0.5) is 0 Å². The minimum Gasteiger partial charge on any atom is -0.506 e. The van der Waals surface area contributed by atoms with E-state index in [0.29, 0.717) is 16.4 Å². The van der Waals surface area contributed by atoms with Crippen LogP contribution < -0.4 is 4.74 Å². The maximum absolute atomic E-state index is 10.0. The summed E-state index contributed by atoms with van der Waals surface area (Å²) in [7, 11) is 0. The fourth-order valence-corrected chi connectivity index (χ4v) is 6.74. The summed E-state index contributed by atoms with van der Waals surface area (Å²) < 4.78 is 6.55. The molecule has 2 fully saturated rings. The van der Waals surface area contributed by atoms with Gasteiger partial charge < -0.3 is 9.84 Å². The number of benzene rings is 1. The van der Waals surface area contributed by atoms with Gasteiger partial charge in [0.1, 0.15) is 17.1 Å². The molecule has 1 heterocycles. The van der Waals surface area contributed by atoms with Crippen molar-refractivity contribution in [3.8, 4) is 11.5 Å². The standard InChI is InChI=1S/C21H29ClO2/c1-19(2)9-5-10-20(3)16(19)8-11-21(4)17(20)12-13-15(24-21)7-6-14(23)18(13)22/h6-7,16-17,23H,5,8-12H2,1-4H3/t16?,17-,20+,21-/m1/s1. The number of halogens is 1. The van der Waals surface area contributed by atoms with E-state index in [1.54, 1.807) is 6.07 Å². The molecule has 3 heteroatoms. The predicted octanol–water partition coefficient (Wildman–Crippen LogP) is 5.98. The van der Waals surface area contributed by atoms with Crippen molar-refractivity contribution in [1.82, 2.24) is 0 Å². The molecule has 0 radical (unpaired) electrons. The van der Waals surface area contributed by atoms with E-state index in [-0.39, 0.29) is 16.8 Å². The van der Waals surface area contributed by atoms with Crippen molar-refractivity contribution in [3.63, 3.8) is 0 Å². The minimum atomic E-state index is -0.119. The Bertz CT molecular complexity index is 683. The smallest absolute Gasteiger partial charge is 0.134 e. The Morgan fingerprint density at radius 3 is 2.58 bits per heavy atom. The monoisotopic (exact) mass is 348 g/mol. The highest BCUT2D eigenvalue weighted by atomic mass is 35.5. The van der Waals surface area contributed by atoms with Crippen LogP contribution in [0.5, 0.6) is 11.5 Å². The molecule has 1 unspecified atom stereocenters. The van der Waals surface area contributed by atoms with E-state index in [9.17, 15) is 5.11 Å². The van der Waals surface area contributed by atoms with Gasteiger partial charge in [-0.15, -0.1) is 0 Å². The van der Waals surface area contributed by atoms with Gasteiger partial charge in [-0.05, 0) is 67.9 Å². The third kappa shape index (κ3) is 2.14. The van der Waals surface area contributed by atoms with E-state index >= 15 is 0 Å². The van der Waals surface area contributed by atoms with Gasteiger partial charge in [0.25, 0.3) is 0 Å². The molecule has 0 spiro atoms. The average Bonchev–Trinajstić information content (AvgIpc) is 2.49. The van der Waals surface area contributed by atoms with Crippen LogP contribution in [0.25, 0.3) is 0 Å². The van der Waals surface area contributed by atoms with E-state index in [1.165, 1.54) is 25.7 Å². The van der Waals surface area contributed by atoms with Crippen molar-refractivity contribution in [2.75, 3.05) is 0 Å². The maximum Gasteiger partial charge on any atom is 0.134 e. The largest absolute Gasteiger partial charge is 0.506 e. The molecule has 0 aromatic heterocycles. The number of fused-ring (bicyclic) bond motifs is 4. The Hall–Kier alpha value is -0.890. The summed E-state index contributed by atoms with van der Waals surface area (Å²) in [6.07, 6.45) is 7.18. The van der Waals surface area contributed by atoms with Crippen LogP contribution in [0.15, 0.2) is 12.1 Å². The molecule has 4 rings (SSSR count). The van der Waals surface area contributed by atoms with Crippen LogP contribution in [0, 0.1) is 22.7 Å². The van der Waals surface area contributed by atoms with Crippen LogP contribution in [0.2, 0.25) is 5.02 Å². The van der Waals surface area contributed by atoms with Crippen LogP contribution in [0.3, 0.4) is 0 Å². The van der Waals surface area contributed by atoms with Crippen LogP contribution in [-0.4, -0.2) is 10.7 Å². The molecule has 1 aliphatic heterocycles. The summed E-state index contributed by atoms with van der Waals surface area (Å²) in [5, 5.41) is 10.5. The van der Waals surface area contributed by atoms with Crippen molar-refractivity contribution in [2.45, 2.75) is 71.8 Å². The SMILES string of the molecule is CC1(C)CCC[C@@]2(C)C1CC[C@@]1(C)Oc3ccc(O)c(Cl)c3C[C@@H]12. The molecule has 2 aliphatic carbocycles. The third-order valence-corrected chi connectivity index (χ3v) is 8.09. The van der Waals surface area contributed by atoms with E-state index < -0.39 is 0 Å². The number of hydrogen-bond donors (Lipinski definition) is 1. The molecule has 1 aromatic carbocycles. The molecule has 0 bridgehead atoms. The molecule has 0 amide bonds. The number of ether oxygens (including phenoxy) is 1. The van der Waals surface area contributed by atoms with Crippen LogP contribution in [0.1, 0.15) is 65.4 Å². The van der Waals surface area contributed by atoms with Gasteiger partial charge >= 0.3 is 0 Å². The second-order valence-electron chi connectivity index (χ2n) is 9.49. The lowest BCUT2D eigenvalue weighted by Gasteiger charge is -2.63. The Kier molecular flexibility index (Phi) is 3.50. The molecule has 1 aromatic rings. The zero-order valence-corrected chi connectivity index (χ0v) is 16.0. The predicted molar refractivity (Wildman–Crippen MR) is 97.8 cm³/mol. The maximum atomic E-state index is 10.0. The number of rotatable bonds is 0. The van der Waals surface area contributed by atoms with Gasteiger partial charge in [-0.2, -0.15) is 0 Å². The van der Waals surface area contributed by atoms with Gasteiger partial charge in [-0.3, -0.25) is 0 Å². The average molecular weight is 349 g/mol. The quantitative estimate of drug-likeness (QED) is 0.624. The van der Waals surface area contributed by atoms with Crippen LogP contribution >= 0.6 is 11.6 Å². The zero-order chi connectivity index (χ0) is 17.3. The van der Waals surface area contributed by atoms with Gasteiger partial charge in [0.15, 0.2) is 0 Å². The van der Waals surface area contributed by atoms with E-state index in [2.05, 4.69) is 27.7 Å². The summed E-state index contributed by atoms with van der Waals surface area (Å²) in [5.74, 6) is 2.23. The molecular formula is C21H29ClO2. The molecule has 4 atom stereocenters. The van der Waals surface area contributed by atoms with Gasteiger partial charge in [0.05, 0.1) is 5.02 Å². The first kappa shape index (κ1) is 16.6. The van der Waals surface area contributed by atoms with E-state index in [0.717, 1.165) is 30.1 Å². The van der Waals surface area contributed by atoms with E-state index in [4.69, 9.17) is 16.3 Å². The van der Waals surface area contributed by atoms with Gasteiger partial charge in [-0.1, -0.05) is 38.8 Å². The summed E-state index contributed by atoms with van der Waals surface area (Å²) in [6, 6.07) is 3.54. The van der Waals surface area contributed by atoms with Crippen molar-refractivity contribution < 1.29 is 9.84 Å². The first-order valence-corrected chi connectivity index (χ1v) is 9.74. The zero-order valence-electron chi connectivity index (χ0n) is 15.3. The summed E-state index contributed by atoms with van der Waals surface area (Å²) in [6.45, 7) is 9.69. The van der Waals surface area contributed by atoms with Gasteiger partial charge in [-0.25, -0.2) is 0 Å². The highest BCUT2D eigenvalue weighted by molar-refractivity contribution is 6.33.